The van der Waals surface area contributed by atoms with Crippen molar-refractivity contribution in [3.63, 3.8) is 0 Å². The van der Waals surface area contributed by atoms with E-state index in [0.717, 1.165) is 0 Å². The quantitative estimate of drug-likeness (QED) is 0.199. The molecule has 0 amide bonds. The van der Waals surface area contributed by atoms with Gasteiger partial charge in [0.1, 0.15) is 6.54 Å². The summed E-state index contributed by atoms with van der Waals surface area (Å²) in [6.07, 6.45) is -8.25. The van der Waals surface area contributed by atoms with Crippen LogP contribution >= 0.6 is 0 Å². The molecule has 0 bridgehead atoms. The molecule has 31 heteroatoms. The van der Waals surface area contributed by atoms with Crippen LogP contribution < -0.4 is 4.72 Å². The molecule has 0 rings (SSSR count). The van der Waals surface area contributed by atoms with Gasteiger partial charge in [-0.25, -0.2) is 8.42 Å². The van der Waals surface area contributed by atoms with Gasteiger partial charge in [-0.3, -0.25) is 4.79 Å². The van der Waals surface area contributed by atoms with E-state index in [1.807, 2.05) is 0 Å². The lowest BCUT2D eigenvalue weighted by molar-refractivity contribution is -0.480. The first kappa shape index (κ1) is 42.6. The fraction of sp³-hybridized carbons (Fsp3) is 0.929. The minimum absolute atomic E-state index is 0.291. The molecule has 0 aliphatic rings. The minimum Gasteiger partial charge on any atom is -0.480 e. The van der Waals surface area contributed by atoms with Crippen molar-refractivity contribution in [1.82, 2.24) is 4.72 Å². The third kappa shape index (κ3) is 5.25. The summed E-state index contributed by atoms with van der Waals surface area (Å²) in [5.41, 5.74) is 0. The molecule has 0 aliphatic carbocycles. The third-order valence-corrected chi connectivity index (χ3v) is 6.48. The van der Waals surface area contributed by atoms with E-state index in [4.69, 9.17) is 5.11 Å². The zero-order chi connectivity index (χ0) is 37.5. The van der Waals surface area contributed by atoms with E-state index in [9.17, 15) is 123 Å². The number of nitrogens with one attached hydrogen (secondary N) is 1. The largest absolute Gasteiger partial charge is 0.480 e. The van der Waals surface area contributed by atoms with Gasteiger partial charge < -0.3 is 5.11 Å². The van der Waals surface area contributed by atoms with Crippen molar-refractivity contribution >= 4 is 16.0 Å². The Morgan fingerprint density at radius 2 is 0.622 bits per heavy atom. The Hall–Kier alpha value is -2.37. The van der Waals surface area contributed by atoms with Crippen molar-refractivity contribution in [3.05, 3.63) is 0 Å². The first-order valence-electron chi connectivity index (χ1n) is 9.35. The second kappa shape index (κ2) is 10.6. The van der Waals surface area contributed by atoms with Crippen molar-refractivity contribution in [1.29, 1.82) is 0 Å². The molecule has 5 nitrogen and oxygen atoms in total. The molecule has 0 aromatic heterocycles. The molecule has 270 valence electrons. The Labute approximate surface area is 227 Å². The number of carboxylic acids is 1. The van der Waals surface area contributed by atoms with E-state index < -0.39 is 93.2 Å². The van der Waals surface area contributed by atoms with Crippen LogP contribution in [0.5, 0.6) is 0 Å². The van der Waals surface area contributed by atoms with Crippen LogP contribution in [0.25, 0.3) is 0 Å². The molecule has 0 heterocycles. The normalized spacial score (nSPS) is 16.6. The molecule has 0 unspecified atom stereocenters. The van der Waals surface area contributed by atoms with Gasteiger partial charge in [-0.05, 0) is 0 Å². The smallest absolute Gasteiger partial charge is 0.460 e. The summed E-state index contributed by atoms with van der Waals surface area (Å²) in [5.74, 6) is -97.0. The van der Waals surface area contributed by atoms with Gasteiger partial charge in [0, 0.05) is 0 Å². The van der Waals surface area contributed by atoms with Crippen LogP contribution in [0.1, 0.15) is 0 Å². The number of carbonyl (C=O) groups is 1. The van der Waals surface area contributed by atoms with Gasteiger partial charge >= 0.3 is 76.6 Å². The number of rotatable bonds is 14. The van der Waals surface area contributed by atoms with Crippen LogP contribution in [0.2, 0.25) is 0 Å². The van der Waals surface area contributed by atoms with Gasteiger partial charge in [-0.2, -0.15) is 114 Å². The number of carboxylic acid groups (broad SMARTS) is 1. The lowest BCUT2D eigenvalue weighted by Gasteiger charge is -2.45. The van der Waals surface area contributed by atoms with Gasteiger partial charge in [0.15, 0.2) is 0 Å². The fourth-order valence-corrected chi connectivity index (χ4v) is 3.31. The topological polar surface area (TPSA) is 83.5 Å². The maximum Gasteiger partial charge on any atom is 0.460 e. The summed E-state index contributed by atoms with van der Waals surface area (Å²) in [6, 6.07) is 0. The molecule has 0 atom stereocenters. The Kier molecular flexibility index (Phi) is 10.0. The summed E-state index contributed by atoms with van der Waals surface area (Å²) in [6.45, 7) is -2.59. The Morgan fingerprint density at radius 1 is 0.422 bits per heavy atom. The summed E-state index contributed by atoms with van der Waals surface area (Å²) >= 11 is 0. The maximum atomic E-state index is 13.7. The number of hydrogen-bond donors (Lipinski definition) is 2. The zero-order valence-corrected chi connectivity index (χ0v) is 20.1. The third-order valence-electron chi connectivity index (χ3n) is 5.02. The Bertz CT molecular complexity index is 1230. The van der Waals surface area contributed by atoms with Crippen LogP contribution in [0.4, 0.5) is 110 Å². The predicted molar refractivity (Wildman–Crippen MR) is 85.0 cm³/mol. The monoisotopic (exact) mass is 757 g/mol. The standard InChI is InChI=1S/C14H4F25NO4S/c15-3(16,5(19,20)7(23,24)9(27,28)11(31,32)13(35,36)37)4(17,18)6(21,22)8(25,26)10(29,30)12(33,34)14(38,39)45(43,44)40-1-2(41)42/h40H,1H2,(H,41,42). The van der Waals surface area contributed by atoms with Crippen LogP contribution in [-0.4, -0.2) is 96.7 Å². The van der Waals surface area contributed by atoms with Crippen molar-refractivity contribution in [3.8, 4) is 0 Å². The zero-order valence-electron chi connectivity index (χ0n) is 19.2. The van der Waals surface area contributed by atoms with Gasteiger partial charge in [0.25, 0.3) is 10.0 Å². The second-order valence-electron chi connectivity index (χ2n) is 7.98. The molecule has 0 aliphatic heterocycles. The molecule has 0 saturated carbocycles. The SMILES string of the molecule is O=C(O)CNS(=O)(=O)C(F)(F)C(F)(F)C(F)(F)C(F)(F)C(F)(F)C(F)(F)C(F)(F)C(F)(F)C(F)(F)C(F)(F)C(F)(F)C(F)(F)F. The molecule has 0 radical (unpaired) electrons. The first-order valence-corrected chi connectivity index (χ1v) is 10.8. The molecule has 2 N–H and O–H groups in total. The van der Waals surface area contributed by atoms with E-state index >= 15 is 0 Å². The number of alkyl halides is 25. The van der Waals surface area contributed by atoms with Gasteiger partial charge in [-0.1, -0.05) is 0 Å². The molecular weight excluding hydrogens is 753 g/mol. The molecule has 0 spiro atoms. The summed E-state index contributed by atoms with van der Waals surface area (Å²) < 4.78 is 354. The van der Waals surface area contributed by atoms with Crippen molar-refractivity contribution < 1.29 is 128 Å². The molecule has 0 saturated heterocycles. The number of aliphatic carboxylic acids is 1. The Balaban J connectivity index is 7.43. The minimum atomic E-state index is -9.80. The maximum absolute atomic E-state index is 13.7. The summed E-state index contributed by atoms with van der Waals surface area (Å²) in [4.78, 5) is 10.1. The van der Waals surface area contributed by atoms with Crippen LogP contribution in [0, 0.1) is 0 Å². The van der Waals surface area contributed by atoms with E-state index in [-0.39, 0.29) is 4.72 Å². The van der Waals surface area contributed by atoms with E-state index in [2.05, 4.69) is 0 Å². The molecule has 0 aromatic rings. The summed E-state index contributed by atoms with van der Waals surface area (Å²) in [5, 5.41) is -0.130. The van der Waals surface area contributed by atoms with E-state index in [1.165, 1.54) is 0 Å². The summed E-state index contributed by atoms with van der Waals surface area (Å²) in [7, 11) is -7.92. The van der Waals surface area contributed by atoms with Crippen LogP contribution in [0.3, 0.4) is 0 Å². The average Bonchev–Trinajstić information content (AvgIpc) is 2.80. The highest BCUT2D eigenvalue weighted by Crippen LogP contribution is 2.67. The number of hydrogen-bond acceptors (Lipinski definition) is 3. The molecule has 0 fully saturated rings. The Morgan fingerprint density at radius 3 is 0.822 bits per heavy atom. The van der Waals surface area contributed by atoms with Crippen molar-refractivity contribution in [2.24, 2.45) is 0 Å². The van der Waals surface area contributed by atoms with Crippen molar-refractivity contribution in [2.75, 3.05) is 6.54 Å². The lowest BCUT2D eigenvalue weighted by Crippen LogP contribution is -2.78. The highest BCUT2D eigenvalue weighted by Gasteiger charge is 3.00. The molecular formula is C14H4F25NO4S. The van der Waals surface area contributed by atoms with Crippen LogP contribution in [0.15, 0.2) is 0 Å². The van der Waals surface area contributed by atoms with Crippen LogP contribution in [-0.2, 0) is 14.8 Å². The van der Waals surface area contributed by atoms with E-state index in [1.54, 1.807) is 0 Å². The molecule has 0 aromatic carbocycles. The molecule has 45 heavy (non-hydrogen) atoms. The number of halogens is 25. The highest BCUT2D eigenvalue weighted by atomic mass is 32.2. The lowest BCUT2D eigenvalue weighted by atomic mass is 9.85. The average molecular weight is 757 g/mol. The fourth-order valence-electron chi connectivity index (χ4n) is 2.35. The van der Waals surface area contributed by atoms with Crippen molar-refractivity contribution in [2.45, 2.75) is 70.7 Å². The van der Waals surface area contributed by atoms with Gasteiger partial charge in [0.05, 0.1) is 0 Å². The van der Waals surface area contributed by atoms with Gasteiger partial charge in [-0.15, -0.1) is 0 Å². The second-order valence-corrected chi connectivity index (χ2v) is 9.79. The first-order chi connectivity index (χ1) is 18.9. The van der Waals surface area contributed by atoms with Gasteiger partial charge in [0.2, 0.25) is 0 Å². The predicted octanol–water partition coefficient (Wildman–Crippen LogP) is 6.50. The highest BCUT2D eigenvalue weighted by molar-refractivity contribution is 7.90. The number of sulfonamides is 1. The van der Waals surface area contributed by atoms with E-state index in [0.29, 0.717) is 0 Å².